The van der Waals surface area contributed by atoms with Crippen LogP contribution in [0.15, 0.2) is 12.7 Å². The molecule has 1 aliphatic carbocycles. The molecule has 1 fully saturated rings. The zero-order valence-electron chi connectivity index (χ0n) is 10.1. The highest BCUT2D eigenvalue weighted by Gasteiger charge is 2.56. The molecule has 1 aliphatic rings. The number of nitrogens with zero attached hydrogens (tertiary/aromatic N) is 5. The predicted octanol–water partition coefficient (Wildman–Crippen LogP) is 0.205. The monoisotopic (exact) mass is 258 g/mol. The fourth-order valence-electron chi connectivity index (χ4n) is 2.40. The number of rotatable bonds is 2. The Labute approximate surface area is 106 Å². The van der Waals surface area contributed by atoms with E-state index in [1.165, 1.54) is 7.11 Å². The Hall–Kier alpha value is -2.51. The second-order valence-corrected chi connectivity index (χ2v) is 4.64. The molecular weight excluding hydrogens is 248 g/mol. The van der Waals surface area contributed by atoms with Crippen molar-refractivity contribution in [2.24, 2.45) is 0 Å². The highest BCUT2D eigenvalue weighted by atomic mass is 16.5. The molecule has 0 bridgehead atoms. The molecule has 1 N–H and O–H groups in total. The van der Waals surface area contributed by atoms with Crippen molar-refractivity contribution in [3.05, 3.63) is 18.5 Å². The second kappa shape index (κ2) is 3.28. The molecule has 19 heavy (non-hydrogen) atoms. The Morgan fingerprint density at radius 3 is 3.00 bits per heavy atom. The summed E-state index contributed by atoms with van der Waals surface area (Å²) in [5.74, 6) is 0.310. The number of carbonyl (C=O) groups excluding carboxylic acids is 1. The molecule has 0 spiro atoms. The number of imidazole rings is 1. The van der Waals surface area contributed by atoms with Crippen LogP contribution in [0.5, 0.6) is 0 Å². The third kappa shape index (κ3) is 1.20. The first-order chi connectivity index (χ1) is 9.26. The van der Waals surface area contributed by atoms with Crippen molar-refractivity contribution in [3.63, 3.8) is 0 Å². The van der Waals surface area contributed by atoms with Crippen molar-refractivity contribution < 1.29 is 9.53 Å². The van der Waals surface area contributed by atoms with Gasteiger partial charge in [-0.15, -0.1) is 10.2 Å². The van der Waals surface area contributed by atoms with Crippen LogP contribution in [0.4, 0.5) is 0 Å². The lowest BCUT2D eigenvalue weighted by Gasteiger charge is -2.09. The summed E-state index contributed by atoms with van der Waals surface area (Å²) in [4.78, 5) is 23.2. The first-order valence-corrected chi connectivity index (χ1v) is 5.88. The van der Waals surface area contributed by atoms with E-state index in [1.54, 1.807) is 17.1 Å². The average Bonchev–Trinajstić information content (AvgIpc) is 2.90. The number of aromatic nitrogens is 6. The number of ether oxygens (including phenoxy) is 1. The van der Waals surface area contributed by atoms with Crippen LogP contribution < -0.4 is 0 Å². The summed E-state index contributed by atoms with van der Waals surface area (Å²) < 4.78 is 6.59. The summed E-state index contributed by atoms with van der Waals surface area (Å²) in [5, 5.41) is 8.29. The zero-order chi connectivity index (χ0) is 13.0. The first kappa shape index (κ1) is 10.4. The standard InChI is InChI=1S/C11H10N6O2/c1-19-10(18)11(2-3-11)9-16-15-8-6-7(13-4-12-6)14-5-17(8)9/h4-5H,2-3H2,1H3,(H,12,13). The maximum absolute atomic E-state index is 11.9. The van der Waals surface area contributed by atoms with Gasteiger partial charge in [0.05, 0.1) is 13.4 Å². The minimum absolute atomic E-state index is 0.272. The highest BCUT2D eigenvalue weighted by molar-refractivity contribution is 5.88. The molecule has 0 aromatic carbocycles. The van der Waals surface area contributed by atoms with Gasteiger partial charge in [-0.05, 0) is 12.8 Å². The molecule has 0 atom stereocenters. The van der Waals surface area contributed by atoms with Crippen LogP contribution in [0.1, 0.15) is 18.7 Å². The summed E-state index contributed by atoms with van der Waals surface area (Å²) in [7, 11) is 1.39. The maximum atomic E-state index is 11.9. The van der Waals surface area contributed by atoms with Crippen LogP contribution in [0, 0.1) is 0 Å². The lowest BCUT2D eigenvalue weighted by atomic mass is 10.1. The van der Waals surface area contributed by atoms with Gasteiger partial charge in [-0.1, -0.05) is 0 Å². The van der Waals surface area contributed by atoms with Crippen molar-refractivity contribution in [2.75, 3.05) is 7.11 Å². The number of aromatic amines is 1. The summed E-state index contributed by atoms with van der Waals surface area (Å²) in [6.45, 7) is 0. The Morgan fingerprint density at radius 1 is 1.42 bits per heavy atom. The SMILES string of the molecule is COC(=O)C1(c2nnc3c4[nH]cnc4ncn23)CC1. The molecule has 0 aliphatic heterocycles. The summed E-state index contributed by atoms with van der Waals surface area (Å²) in [5.41, 5.74) is 1.24. The summed E-state index contributed by atoms with van der Waals surface area (Å²) >= 11 is 0. The number of hydrogen-bond acceptors (Lipinski definition) is 6. The topological polar surface area (TPSA) is 98.1 Å². The van der Waals surface area contributed by atoms with E-state index >= 15 is 0 Å². The number of H-pyrrole nitrogens is 1. The molecular formula is C11H10N6O2. The fourth-order valence-corrected chi connectivity index (χ4v) is 2.40. The van der Waals surface area contributed by atoms with E-state index in [-0.39, 0.29) is 5.97 Å². The number of carbonyl (C=O) groups is 1. The van der Waals surface area contributed by atoms with Crippen molar-refractivity contribution >= 4 is 22.8 Å². The number of esters is 1. The third-order valence-electron chi connectivity index (χ3n) is 3.59. The van der Waals surface area contributed by atoms with Gasteiger partial charge in [-0.2, -0.15) is 0 Å². The Balaban J connectivity index is 1.99. The number of methoxy groups -OCH3 is 1. The van der Waals surface area contributed by atoms with Crippen molar-refractivity contribution in [3.8, 4) is 0 Å². The molecule has 0 saturated heterocycles. The van der Waals surface area contributed by atoms with E-state index in [1.807, 2.05) is 0 Å². The van der Waals surface area contributed by atoms with Crippen LogP contribution in [0.3, 0.4) is 0 Å². The van der Waals surface area contributed by atoms with E-state index in [9.17, 15) is 4.79 Å². The summed E-state index contributed by atoms with van der Waals surface area (Å²) in [6, 6.07) is 0. The van der Waals surface area contributed by atoms with Gasteiger partial charge >= 0.3 is 5.97 Å². The molecule has 0 unspecified atom stereocenters. The minimum Gasteiger partial charge on any atom is -0.468 e. The highest BCUT2D eigenvalue weighted by Crippen LogP contribution is 2.48. The Morgan fingerprint density at radius 2 is 2.26 bits per heavy atom. The van der Waals surface area contributed by atoms with E-state index in [2.05, 4.69) is 25.1 Å². The van der Waals surface area contributed by atoms with Crippen LogP contribution in [-0.4, -0.2) is 42.6 Å². The molecule has 3 aromatic heterocycles. The van der Waals surface area contributed by atoms with Gasteiger partial charge in [-0.3, -0.25) is 9.20 Å². The van der Waals surface area contributed by atoms with Crippen molar-refractivity contribution in [2.45, 2.75) is 18.3 Å². The van der Waals surface area contributed by atoms with E-state index in [0.29, 0.717) is 22.6 Å². The molecule has 8 heteroatoms. The number of nitrogens with one attached hydrogen (secondary N) is 1. The van der Waals surface area contributed by atoms with Crippen molar-refractivity contribution in [1.29, 1.82) is 0 Å². The van der Waals surface area contributed by atoms with Gasteiger partial charge in [0.15, 0.2) is 17.1 Å². The van der Waals surface area contributed by atoms with Crippen LogP contribution in [-0.2, 0) is 14.9 Å². The molecule has 3 heterocycles. The van der Waals surface area contributed by atoms with Gasteiger partial charge in [0.2, 0.25) is 0 Å². The van der Waals surface area contributed by atoms with E-state index in [4.69, 9.17) is 4.74 Å². The Kier molecular flexibility index (Phi) is 1.80. The largest absolute Gasteiger partial charge is 0.468 e. The lowest BCUT2D eigenvalue weighted by molar-refractivity contribution is -0.143. The summed E-state index contributed by atoms with van der Waals surface area (Å²) in [6.07, 6.45) is 4.60. The van der Waals surface area contributed by atoms with Crippen molar-refractivity contribution in [1.82, 2.24) is 29.5 Å². The normalized spacial score (nSPS) is 16.9. The quantitative estimate of drug-likeness (QED) is 0.659. The smallest absolute Gasteiger partial charge is 0.319 e. The molecule has 4 rings (SSSR count). The maximum Gasteiger partial charge on any atom is 0.319 e. The van der Waals surface area contributed by atoms with Gasteiger partial charge in [-0.25, -0.2) is 9.97 Å². The second-order valence-electron chi connectivity index (χ2n) is 4.64. The molecule has 3 aromatic rings. The molecule has 0 amide bonds. The van der Waals surface area contributed by atoms with E-state index in [0.717, 1.165) is 12.8 Å². The van der Waals surface area contributed by atoms with Crippen LogP contribution in [0.25, 0.3) is 16.8 Å². The van der Waals surface area contributed by atoms with Gasteiger partial charge in [0, 0.05) is 0 Å². The third-order valence-corrected chi connectivity index (χ3v) is 3.59. The Bertz CT molecular complexity index is 800. The molecule has 0 radical (unpaired) electrons. The molecule has 1 saturated carbocycles. The molecule has 96 valence electrons. The van der Waals surface area contributed by atoms with Crippen LogP contribution >= 0.6 is 0 Å². The molecule has 8 nitrogen and oxygen atoms in total. The van der Waals surface area contributed by atoms with Gasteiger partial charge < -0.3 is 9.72 Å². The van der Waals surface area contributed by atoms with Gasteiger partial charge in [0.1, 0.15) is 17.3 Å². The fraction of sp³-hybridized carbons (Fsp3) is 0.364. The number of fused-ring (bicyclic) bond motifs is 3. The average molecular weight is 258 g/mol. The predicted molar refractivity (Wildman–Crippen MR) is 63.4 cm³/mol. The van der Waals surface area contributed by atoms with Gasteiger partial charge in [0.25, 0.3) is 0 Å². The van der Waals surface area contributed by atoms with Crippen LogP contribution in [0.2, 0.25) is 0 Å². The number of hydrogen-bond donors (Lipinski definition) is 1. The first-order valence-electron chi connectivity index (χ1n) is 5.88. The lowest BCUT2D eigenvalue weighted by Crippen LogP contribution is -2.24. The zero-order valence-corrected chi connectivity index (χ0v) is 10.1. The minimum atomic E-state index is -0.663. The van der Waals surface area contributed by atoms with E-state index < -0.39 is 5.41 Å².